The summed E-state index contributed by atoms with van der Waals surface area (Å²) in [5.74, 6) is 0. The predicted molar refractivity (Wildman–Crippen MR) is 51.2 cm³/mol. The summed E-state index contributed by atoms with van der Waals surface area (Å²) in [7, 11) is 0. The predicted octanol–water partition coefficient (Wildman–Crippen LogP) is 0.935. The van der Waals surface area contributed by atoms with E-state index in [9.17, 15) is 0 Å². The van der Waals surface area contributed by atoms with Crippen molar-refractivity contribution in [2.75, 3.05) is 18.4 Å². The molecule has 1 rings (SSSR count). The fourth-order valence-electron chi connectivity index (χ4n) is 0.638. The molecule has 0 atom stereocenters. The molecule has 0 amide bonds. The molecule has 0 bridgehead atoms. The van der Waals surface area contributed by atoms with Crippen LogP contribution in [-0.4, -0.2) is 22.4 Å². The van der Waals surface area contributed by atoms with Crippen molar-refractivity contribution in [1.29, 1.82) is 0 Å². The van der Waals surface area contributed by atoms with E-state index in [1.807, 2.05) is 0 Å². The maximum absolute atomic E-state index is 5.57. The third-order valence-electron chi connectivity index (χ3n) is 1.63. The Labute approximate surface area is 76.4 Å². The lowest BCUT2D eigenvalue weighted by Crippen LogP contribution is -2.31. The van der Waals surface area contributed by atoms with Gasteiger partial charge in [-0.15, -0.1) is 0 Å². The molecular weight excluding hydrogens is 172 g/mol. The second-order valence-corrected chi connectivity index (χ2v) is 4.25. The van der Waals surface area contributed by atoms with E-state index in [-0.39, 0.29) is 5.41 Å². The van der Waals surface area contributed by atoms with Crippen LogP contribution in [0, 0.1) is 5.41 Å². The molecule has 0 radical (unpaired) electrons. The lowest BCUT2D eigenvalue weighted by Gasteiger charge is -2.21. The second-order valence-electron chi connectivity index (χ2n) is 3.47. The van der Waals surface area contributed by atoms with Crippen molar-refractivity contribution in [2.45, 2.75) is 13.8 Å². The zero-order chi connectivity index (χ0) is 9.03. The molecule has 1 aromatic heterocycles. The molecule has 1 heterocycles. The molecule has 12 heavy (non-hydrogen) atoms. The smallest absolute Gasteiger partial charge is 0.202 e. The average molecular weight is 186 g/mol. The molecule has 0 aliphatic rings. The van der Waals surface area contributed by atoms with Crippen LogP contribution >= 0.6 is 11.5 Å². The first-order valence-corrected chi connectivity index (χ1v) is 4.62. The third kappa shape index (κ3) is 2.75. The molecule has 3 N–H and O–H groups in total. The van der Waals surface area contributed by atoms with E-state index in [0.717, 1.165) is 11.7 Å². The summed E-state index contributed by atoms with van der Waals surface area (Å²) in [5.41, 5.74) is 5.69. The van der Waals surface area contributed by atoms with Crippen LogP contribution in [0.2, 0.25) is 0 Å². The number of anilines is 1. The minimum absolute atomic E-state index is 0.117. The van der Waals surface area contributed by atoms with E-state index in [1.54, 1.807) is 6.33 Å². The highest BCUT2D eigenvalue weighted by Crippen LogP contribution is 2.15. The summed E-state index contributed by atoms with van der Waals surface area (Å²) in [5, 5.41) is 4.04. The van der Waals surface area contributed by atoms with Gasteiger partial charge in [-0.05, 0) is 12.0 Å². The lowest BCUT2D eigenvalue weighted by atomic mass is 9.94. The molecular formula is C7H14N4S. The van der Waals surface area contributed by atoms with Gasteiger partial charge < -0.3 is 11.1 Å². The van der Waals surface area contributed by atoms with Crippen LogP contribution in [0.5, 0.6) is 0 Å². The summed E-state index contributed by atoms with van der Waals surface area (Å²) in [6, 6.07) is 0. The van der Waals surface area contributed by atoms with Gasteiger partial charge in [0.05, 0.1) is 0 Å². The number of aromatic nitrogens is 2. The lowest BCUT2D eigenvalue weighted by molar-refractivity contribution is 0.405. The van der Waals surface area contributed by atoms with Crippen LogP contribution in [-0.2, 0) is 0 Å². The van der Waals surface area contributed by atoms with Gasteiger partial charge in [0.2, 0.25) is 5.13 Å². The molecule has 0 spiro atoms. The van der Waals surface area contributed by atoms with Crippen molar-refractivity contribution in [1.82, 2.24) is 9.36 Å². The van der Waals surface area contributed by atoms with E-state index in [1.165, 1.54) is 11.5 Å². The summed E-state index contributed by atoms with van der Waals surface area (Å²) in [4.78, 5) is 4.01. The van der Waals surface area contributed by atoms with Gasteiger partial charge in [0.1, 0.15) is 6.33 Å². The molecule has 68 valence electrons. The molecule has 0 saturated carbocycles. The Balaban J connectivity index is 2.36. The summed E-state index contributed by atoms with van der Waals surface area (Å²) in [6.07, 6.45) is 1.54. The van der Waals surface area contributed by atoms with E-state index < -0.39 is 0 Å². The second kappa shape index (κ2) is 3.82. The number of nitrogens with zero attached hydrogens (tertiary/aromatic N) is 2. The van der Waals surface area contributed by atoms with Crippen LogP contribution in [0.3, 0.4) is 0 Å². The molecule has 5 heteroatoms. The first-order chi connectivity index (χ1) is 5.64. The standard InChI is InChI=1S/C7H14N4S/c1-7(2,3-8)4-9-6-10-5-11-12-6/h5H,3-4,8H2,1-2H3,(H,9,10,11). The highest BCUT2D eigenvalue weighted by atomic mass is 32.1. The van der Waals surface area contributed by atoms with Gasteiger partial charge >= 0.3 is 0 Å². The summed E-state index contributed by atoms with van der Waals surface area (Å²) in [6.45, 7) is 5.72. The molecule has 0 aliphatic heterocycles. The third-order valence-corrected chi connectivity index (χ3v) is 2.25. The van der Waals surface area contributed by atoms with Crippen molar-refractivity contribution in [3.8, 4) is 0 Å². The van der Waals surface area contributed by atoms with Crippen LogP contribution in [0.25, 0.3) is 0 Å². The minimum Gasteiger partial charge on any atom is -0.360 e. The Morgan fingerprint density at radius 1 is 1.67 bits per heavy atom. The number of hydrogen-bond acceptors (Lipinski definition) is 5. The van der Waals surface area contributed by atoms with Crippen LogP contribution < -0.4 is 11.1 Å². The van der Waals surface area contributed by atoms with Crippen molar-refractivity contribution in [3.05, 3.63) is 6.33 Å². The van der Waals surface area contributed by atoms with Crippen LogP contribution in [0.15, 0.2) is 6.33 Å². The van der Waals surface area contributed by atoms with Crippen LogP contribution in [0.4, 0.5) is 5.13 Å². The molecule has 0 aliphatic carbocycles. The fourth-order valence-corrected chi connectivity index (χ4v) is 1.06. The normalized spacial score (nSPS) is 11.6. The molecule has 4 nitrogen and oxygen atoms in total. The number of rotatable bonds is 4. The van der Waals surface area contributed by atoms with E-state index in [2.05, 4.69) is 28.5 Å². The van der Waals surface area contributed by atoms with E-state index in [0.29, 0.717) is 6.54 Å². The molecule has 0 unspecified atom stereocenters. The Kier molecular flexibility index (Phi) is 2.99. The highest BCUT2D eigenvalue weighted by Gasteiger charge is 2.15. The number of hydrogen-bond donors (Lipinski definition) is 2. The van der Waals surface area contributed by atoms with E-state index in [4.69, 9.17) is 5.73 Å². The first kappa shape index (κ1) is 9.41. The highest BCUT2D eigenvalue weighted by molar-refractivity contribution is 7.09. The Morgan fingerprint density at radius 3 is 2.92 bits per heavy atom. The Bertz CT molecular complexity index is 219. The fraction of sp³-hybridized carbons (Fsp3) is 0.714. The van der Waals surface area contributed by atoms with Gasteiger partial charge in [-0.2, -0.15) is 4.37 Å². The van der Waals surface area contributed by atoms with Crippen molar-refractivity contribution in [3.63, 3.8) is 0 Å². The molecule has 0 saturated heterocycles. The number of nitrogens with one attached hydrogen (secondary N) is 1. The monoisotopic (exact) mass is 186 g/mol. The Hall–Kier alpha value is -0.680. The van der Waals surface area contributed by atoms with Gasteiger partial charge in [-0.1, -0.05) is 13.8 Å². The minimum atomic E-state index is 0.117. The number of nitrogens with two attached hydrogens (primary N) is 1. The topological polar surface area (TPSA) is 63.8 Å². The maximum Gasteiger partial charge on any atom is 0.202 e. The first-order valence-electron chi connectivity index (χ1n) is 3.85. The van der Waals surface area contributed by atoms with Gasteiger partial charge in [0.15, 0.2) is 0 Å². The largest absolute Gasteiger partial charge is 0.360 e. The van der Waals surface area contributed by atoms with Crippen LogP contribution in [0.1, 0.15) is 13.8 Å². The molecule has 0 aromatic carbocycles. The average Bonchev–Trinajstić information content (AvgIpc) is 2.53. The van der Waals surface area contributed by atoms with E-state index >= 15 is 0 Å². The van der Waals surface area contributed by atoms with Crippen molar-refractivity contribution in [2.24, 2.45) is 11.1 Å². The quantitative estimate of drug-likeness (QED) is 0.734. The zero-order valence-electron chi connectivity index (χ0n) is 7.37. The van der Waals surface area contributed by atoms with Gasteiger partial charge in [0, 0.05) is 18.1 Å². The van der Waals surface area contributed by atoms with Gasteiger partial charge in [0.25, 0.3) is 0 Å². The SMILES string of the molecule is CC(C)(CN)CNc1ncns1. The van der Waals surface area contributed by atoms with Gasteiger partial charge in [-0.3, -0.25) is 0 Å². The Morgan fingerprint density at radius 2 is 2.42 bits per heavy atom. The van der Waals surface area contributed by atoms with Crippen molar-refractivity contribution < 1.29 is 0 Å². The maximum atomic E-state index is 5.57. The van der Waals surface area contributed by atoms with Crippen molar-refractivity contribution >= 4 is 16.7 Å². The molecule has 1 aromatic rings. The summed E-state index contributed by atoms with van der Waals surface area (Å²) < 4.78 is 3.89. The van der Waals surface area contributed by atoms with Gasteiger partial charge in [-0.25, -0.2) is 4.98 Å². The zero-order valence-corrected chi connectivity index (χ0v) is 8.19. The molecule has 0 fully saturated rings. The summed E-state index contributed by atoms with van der Waals surface area (Å²) >= 11 is 1.36.